The van der Waals surface area contributed by atoms with Gasteiger partial charge in [-0.3, -0.25) is 4.98 Å². The molecule has 0 saturated carbocycles. The van der Waals surface area contributed by atoms with Gasteiger partial charge in [-0.15, -0.1) is 0 Å². The van der Waals surface area contributed by atoms with Gasteiger partial charge in [-0.25, -0.2) is 14.5 Å². The molecule has 156 valence electrons. The van der Waals surface area contributed by atoms with Crippen LogP contribution in [-0.2, 0) is 19.4 Å². The van der Waals surface area contributed by atoms with Crippen LogP contribution in [0, 0.1) is 0 Å². The van der Waals surface area contributed by atoms with Gasteiger partial charge >= 0.3 is 5.97 Å². The van der Waals surface area contributed by atoms with Crippen molar-refractivity contribution in [2.45, 2.75) is 32.7 Å². The van der Waals surface area contributed by atoms with Crippen LogP contribution in [0.3, 0.4) is 0 Å². The summed E-state index contributed by atoms with van der Waals surface area (Å²) in [5.41, 5.74) is 4.00. The average molecular weight is 412 g/mol. The Balaban J connectivity index is 1.56. The van der Waals surface area contributed by atoms with Crippen LogP contribution >= 0.6 is 0 Å². The number of aromatic nitrogens is 4. The summed E-state index contributed by atoms with van der Waals surface area (Å²) in [6, 6.07) is 19.9. The summed E-state index contributed by atoms with van der Waals surface area (Å²) in [4.78, 5) is 20.2. The van der Waals surface area contributed by atoms with E-state index in [1.807, 2.05) is 47.1 Å². The molecule has 0 radical (unpaired) electrons. The zero-order valence-electron chi connectivity index (χ0n) is 17.4. The van der Waals surface area contributed by atoms with Crippen LogP contribution in [0.4, 0.5) is 0 Å². The predicted molar refractivity (Wildman–Crippen MR) is 119 cm³/mol. The monoisotopic (exact) mass is 412 g/mol. The van der Waals surface area contributed by atoms with Crippen LogP contribution in [0.5, 0.6) is 0 Å². The normalized spacial score (nSPS) is 10.9. The first-order valence-corrected chi connectivity index (χ1v) is 10.4. The number of pyridine rings is 1. The molecule has 0 amide bonds. The lowest BCUT2D eigenvalue weighted by atomic mass is 10.00. The molecule has 0 aliphatic heterocycles. The van der Waals surface area contributed by atoms with Crippen molar-refractivity contribution in [3.05, 3.63) is 101 Å². The molecule has 0 fully saturated rings. The lowest BCUT2D eigenvalue weighted by molar-refractivity contribution is 0.0697. The third-order valence-electron chi connectivity index (χ3n) is 5.11. The molecule has 4 aromatic rings. The van der Waals surface area contributed by atoms with E-state index < -0.39 is 5.97 Å². The highest BCUT2D eigenvalue weighted by Gasteiger charge is 2.13. The Bertz CT molecular complexity index is 1170. The molecule has 0 aliphatic carbocycles. The molecule has 2 aromatic carbocycles. The number of carboxylic acid groups (broad SMARTS) is 1. The molecule has 0 bridgehead atoms. The van der Waals surface area contributed by atoms with Gasteiger partial charge in [0.25, 0.3) is 0 Å². The Morgan fingerprint density at radius 3 is 2.42 bits per heavy atom. The van der Waals surface area contributed by atoms with Crippen molar-refractivity contribution in [3.63, 3.8) is 0 Å². The number of nitrogens with zero attached hydrogens (tertiary/aromatic N) is 4. The van der Waals surface area contributed by atoms with Gasteiger partial charge in [-0.1, -0.05) is 61.5 Å². The number of carboxylic acids is 1. The zero-order valence-corrected chi connectivity index (χ0v) is 17.4. The van der Waals surface area contributed by atoms with Gasteiger partial charge < -0.3 is 5.11 Å². The standard InChI is InChI=1S/C25H24N4O2/c1-2-14-29-24(27-23(28-29)15-18-6-4-3-5-7-18)16-19-8-10-20(11-9-19)21-12-13-26-17-22(21)25(30)31/h3-13,17H,2,14-16H2,1H3,(H,30,31). The molecule has 1 N–H and O–H groups in total. The molecular formula is C25H24N4O2. The topological polar surface area (TPSA) is 80.9 Å². The Morgan fingerprint density at radius 2 is 1.71 bits per heavy atom. The van der Waals surface area contributed by atoms with E-state index in [2.05, 4.69) is 24.0 Å². The van der Waals surface area contributed by atoms with Gasteiger partial charge in [-0.2, -0.15) is 5.10 Å². The number of rotatable bonds is 8. The lowest BCUT2D eigenvalue weighted by Crippen LogP contribution is -2.06. The SMILES string of the molecule is CCCn1nc(Cc2ccccc2)nc1Cc1ccc(-c2ccncc2C(=O)O)cc1. The molecule has 0 aliphatic rings. The van der Waals surface area contributed by atoms with Crippen LogP contribution in [0.1, 0.15) is 46.5 Å². The molecule has 0 unspecified atom stereocenters. The molecule has 0 saturated heterocycles. The van der Waals surface area contributed by atoms with Crippen molar-refractivity contribution >= 4 is 5.97 Å². The molecule has 4 rings (SSSR count). The molecule has 0 atom stereocenters. The third kappa shape index (κ3) is 4.86. The number of aromatic carboxylic acids is 1. The maximum atomic E-state index is 11.5. The van der Waals surface area contributed by atoms with Crippen molar-refractivity contribution in [2.24, 2.45) is 0 Å². The number of hydrogen-bond acceptors (Lipinski definition) is 4. The summed E-state index contributed by atoms with van der Waals surface area (Å²) in [6.45, 7) is 2.96. The van der Waals surface area contributed by atoms with Gasteiger partial charge in [0.2, 0.25) is 0 Å². The molecule has 6 heteroatoms. The summed E-state index contributed by atoms with van der Waals surface area (Å²) in [6.07, 6.45) is 5.36. The van der Waals surface area contributed by atoms with Crippen molar-refractivity contribution in [1.29, 1.82) is 0 Å². The fourth-order valence-electron chi connectivity index (χ4n) is 3.60. The maximum absolute atomic E-state index is 11.5. The van der Waals surface area contributed by atoms with E-state index in [0.717, 1.165) is 35.7 Å². The van der Waals surface area contributed by atoms with E-state index in [0.29, 0.717) is 18.4 Å². The Hall–Kier alpha value is -3.80. The minimum atomic E-state index is -0.981. The van der Waals surface area contributed by atoms with E-state index >= 15 is 0 Å². The fraction of sp³-hybridized carbons (Fsp3) is 0.200. The van der Waals surface area contributed by atoms with E-state index in [1.165, 1.54) is 11.8 Å². The quantitative estimate of drug-likeness (QED) is 0.456. The Kier molecular flexibility index (Phi) is 6.17. The van der Waals surface area contributed by atoms with Gasteiger partial charge in [0, 0.05) is 31.8 Å². The maximum Gasteiger partial charge on any atom is 0.337 e. The van der Waals surface area contributed by atoms with Gasteiger partial charge in [0.15, 0.2) is 5.82 Å². The van der Waals surface area contributed by atoms with E-state index in [4.69, 9.17) is 10.1 Å². The van der Waals surface area contributed by atoms with Gasteiger partial charge in [0.05, 0.1) is 5.56 Å². The summed E-state index contributed by atoms with van der Waals surface area (Å²) >= 11 is 0. The van der Waals surface area contributed by atoms with Gasteiger partial charge in [0.1, 0.15) is 5.82 Å². The van der Waals surface area contributed by atoms with Crippen LogP contribution in [0.15, 0.2) is 73.1 Å². The molecule has 2 heterocycles. The minimum Gasteiger partial charge on any atom is -0.478 e. The highest BCUT2D eigenvalue weighted by Crippen LogP contribution is 2.24. The second kappa shape index (κ2) is 9.34. The average Bonchev–Trinajstić information content (AvgIpc) is 3.16. The first-order chi connectivity index (χ1) is 15.1. The first kappa shape index (κ1) is 20.5. The largest absolute Gasteiger partial charge is 0.478 e. The predicted octanol–water partition coefficient (Wildman–Crippen LogP) is 4.63. The summed E-state index contributed by atoms with van der Waals surface area (Å²) in [7, 11) is 0. The van der Waals surface area contributed by atoms with Crippen LogP contribution in [0.25, 0.3) is 11.1 Å². The highest BCUT2D eigenvalue weighted by molar-refractivity contribution is 5.95. The Labute approximate surface area is 181 Å². The fourth-order valence-corrected chi connectivity index (χ4v) is 3.60. The second-order valence-corrected chi connectivity index (χ2v) is 7.43. The summed E-state index contributed by atoms with van der Waals surface area (Å²) < 4.78 is 2.00. The molecule has 0 spiro atoms. The van der Waals surface area contributed by atoms with Crippen molar-refractivity contribution in [3.8, 4) is 11.1 Å². The Morgan fingerprint density at radius 1 is 0.968 bits per heavy atom. The second-order valence-electron chi connectivity index (χ2n) is 7.43. The zero-order chi connectivity index (χ0) is 21.6. The van der Waals surface area contributed by atoms with Gasteiger partial charge in [-0.05, 0) is 34.7 Å². The van der Waals surface area contributed by atoms with Crippen LogP contribution < -0.4 is 0 Å². The lowest BCUT2D eigenvalue weighted by Gasteiger charge is -2.08. The van der Waals surface area contributed by atoms with Crippen LogP contribution in [0.2, 0.25) is 0 Å². The van der Waals surface area contributed by atoms with E-state index in [-0.39, 0.29) is 5.56 Å². The molecule has 6 nitrogen and oxygen atoms in total. The number of aryl methyl sites for hydroxylation is 1. The summed E-state index contributed by atoms with van der Waals surface area (Å²) in [5.74, 6) is 0.788. The summed E-state index contributed by atoms with van der Waals surface area (Å²) in [5, 5.41) is 14.1. The number of hydrogen-bond donors (Lipinski definition) is 1. The van der Waals surface area contributed by atoms with Crippen LogP contribution in [-0.4, -0.2) is 30.8 Å². The number of carbonyl (C=O) groups is 1. The van der Waals surface area contributed by atoms with E-state index in [1.54, 1.807) is 12.3 Å². The molecular weight excluding hydrogens is 388 g/mol. The first-order valence-electron chi connectivity index (χ1n) is 10.4. The van der Waals surface area contributed by atoms with E-state index in [9.17, 15) is 9.90 Å². The number of benzene rings is 2. The third-order valence-corrected chi connectivity index (χ3v) is 5.11. The molecule has 31 heavy (non-hydrogen) atoms. The molecule has 2 aromatic heterocycles. The van der Waals surface area contributed by atoms with Crippen molar-refractivity contribution in [2.75, 3.05) is 0 Å². The van der Waals surface area contributed by atoms with Crippen molar-refractivity contribution in [1.82, 2.24) is 19.7 Å². The van der Waals surface area contributed by atoms with Crippen molar-refractivity contribution < 1.29 is 9.90 Å². The minimum absolute atomic E-state index is 0.198. The smallest absolute Gasteiger partial charge is 0.337 e. The highest BCUT2D eigenvalue weighted by atomic mass is 16.4.